The third kappa shape index (κ3) is 5.04. The van der Waals surface area contributed by atoms with Crippen LogP contribution in [0.25, 0.3) is 0 Å². The summed E-state index contributed by atoms with van der Waals surface area (Å²) in [6.45, 7) is 5.42. The van der Waals surface area contributed by atoms with E-state index >= 15 is 0 Å². The fraction of sp³-hybridized carbons (Fsp3) is 0.846. The van der Waals surface area contributed by atoms with Gasteiger partial charge in [-0.25, -0.2) is 0 Å². The minimum atomic E-state index is -0.876. The predicted molar refractivity (Wildman–Crippen MR) is 69.2 cm³/mol. The van der Waals surface area contributed by atoms with Crippen LogP contribution in [0, 0.1) is 11.8 Å². The van der Waals surface area contributed by atoms with Gasteiger partial charge in [0.2, 0.25) is 5.91 Å². The van der Waals surface area contributed by atoms with Crippen molar-refractivity contribution >= 4 is 11.9 Å². The van der Waals surface area contributed by atoms with Crippen molar-refractivity contribution in [3.8, 4) is 0 Å². The summed E-state index contributed by atoms with van der Waals surface area (Å²) < 4.78 is 0. The number of hydrogen-bond acceptors (Lipinski definition) is 3. The Bertz CT molecular complexity index is 288. The lowest BCUT2D eigenvalue weighted by molar-refractivity contribution is -0.142. The van der Waals surface area contributed by atoms with Gasteiger partial charge in [-0.1, -0.05) is 0 Å². The Labute approximate surface area is 108 Å². The van der Waals surface area contributed by atoms with Crippen LogP contribution in [0.15, 0.2) is 0 Å². The van der Waals surface area contributed by atoms with E-state index < -0.39 is 11.9 Å². The van der Waals surface area contributed by atoms with Gasteiger partial charge in [0.1, 0.15) is 0 Å². The summed E-state index contributed by atoms with van der Waals surface area (Å²) in [5, 5.41) is 14.9. The molecule has 1 rings (SSSR count). The Hall–Kier alpha value is -1.10. The maximum atomic E-state index is 11.7. The van der Waals surface area contributed by atoms with Crippen LogP contribution in [0.2, 0.25) is 0 Å². The first-order chi connectivity index (χ1) is 8.50. The second-order valence-electron chi connectivity index (χ2n) is 5.23. The number of rotatable bonds is 6. The third-order valence-electron chi connectivity index (χ3n) is 3.71. The maximum absolute atomic E-state index is 11.7. The highest BCUT2D eigenvalue weighted by atomic mass is 16.4. The fourth-order valence-corrected chi connectivity index (χ4v) is 2.17. The molecular formula is C13H24N2O3. The molecule has 104 valence electrons. The zero-order chi connectivity index (χ0) is 13.5. The van der Waals surface area contributed by atoms with Crippen LogP contribution in [0.3, 0.4) is 0 Å². The van der Waals surface area contributed by atoms with Gasteiger partial charge in [0, 0.05) is 12.5 Å². The first-order valence-electron chi connectivity index (χ1n) is 6.73. The molecule has 5 heteroatoms. The molecule has 5 nitrogen and oxygen atoms in total. The molecule has 0 aromatic carbocycles. The molecular weight excluding hydrogens is 232 g/mol. The summed E-state index contributed by atoms with van der Waals surface area (Å²) in [5.41, 5.74) is 0. The van der Waals surface area contributed by atoms with Gasteiger partial charge in [-0.15, -0.1) is 0 Å². The van der Waals surface area contributed by atoms with E-state index in [-0.39, 0.29) is 11.9 Å². The number of hydrogen-bond donors (Lipinski definition) is 3. The predicted octanol–water partition coefficient (Wildman–Crippen LogP) is 0.992. The molecule has 18 heavy (non-hydrogen) atoms. The molecule has 0 aliphatic carbocycles. The van der Waals surface area contributed by atoms with Gasteiger partial charge in [0.25, 0.3) is 0 Å². The quantitative estimate of drug-likeness (QED) is 0.662. The molecule has 1 heterocycles. The minimum Gasteiger partial charge on any atom is -0.481 e. The molecule has 1 aliphatic rings. The number of carbonyl (C=O) groups is 2. The first kappa shape index (κ1) is 15.0. The van der Waals surface area contributed by atoms with Gasteiger partial charge in [0.15, 0.2) is 0 Å². The average molecular weight is 256 g/mol. The molecule has 0 saturated carbocycles. The monoisotopic (exact) mass is 256 g/mol. The number of carboxylic acids is 1. The van der Waals surface area contributed by atoms with Crippen molar-refractivity contribution in [3.05, 3.63) is 0 Å². The van der Waals surface area contributed by atoms with Gasteiger partial charge in [-0.05, 0) is 52.1 Å². The lowest BCUT2D eigenvalue weighted by atomic mass is 9.94. The first-order valence-corrected chi connectivity index (χ1v) is 6.73. The molecule has 0 bridgehead atoms. The number of piperidine rings is 1. The van der Waals surface area contributed by atoms with E-state index in [2.05, 4.69) is 10.6 Å². The summed E-state index contributed by atoms with van der Waals surface area (Å²) >= 11 is 0. The van der Waals surface area contributed by atoms with Crippen LogP contribution in [0.1, 0.15) is 39.5 Å². The van der Waals surface area contributed by atoms with Crippen LogP contribution < -0.4 is 10.6 Å². The lowest BCUT2D eigenvalue weighted by Gasteiger charge is -2.23. The van der Waals surface area contributed by atoms with E-state index in [4.69, 9.17) is 5.11 Å². The zero-order valence-electron chi connectivity index (χ0n) is 11.2. The largest absolute Gasteiger partial charge is 0.481 e. The molecule has 3 atom stereocenters. The van der Waals surface area contributed by atoms with Crippen molar-refractivity contribution < 1.29 is 14.7 Å². The van der Waals surface area contributed by atoms with Gasteiger partial charge < -0.3 is 15.7 Å². The standard InChI is InChI=1S/C13H24N2O3/c1-9(13(17)18)10(2)15-12(16)6-5-11-4-3-7-14-8-11/h9-11,14H,3-8H2,1-2H3,(H,15,16)(H,17,18). The normalized spacial score (nSPS) is 23.1. The summed E-state index contributed by atoms with van der Waals surface area (Å²) in [4.78, 5) is 22.5. The molecule has 1 amide bonds. The van der Waals surface area contributed by atoms with Crippen molar-refractivity contribution in [3.63, 3.8) is 0 Å². The maximum Gasteiger partial charge on any atom is 0.308 e. The number of carboxylic acid groups (broad SMARTS) is 1. The van der Waals surface area contributed by atoms with Crippen LogP contribution in [0.5, 0.6) is 0 Å². The highest BCUT2D eigenvalue weighted by Crippen LogP contribution is 2.15. The van der Waals surface area contributed by atoms with Crippen LogP contribution in [-0.2, 0) is 9.59 Å². The van der Waals surface area contributed by atoms with Crippen LogP contribution in [0.4, 0.5) is 0 Å². The topological polar surface area (TPSA) is 78.4 Å². The highest BCUT2D eigenvalue weighted by Gasteiger charge is 2.21. The lowest BCUT2D eigenvalue weighted by Crippen LogP contribution is -2.40. The van der Waals surface area contributed by atoms with Gasteiger partial charge in [-0.3, -0.25) is 9.59 Å². The SMILES string of the molecule is CC(NC(=O)CCC1CCCNC1)C(C)C(=O)O. The van der Waals surface area contributed by atoms with Gasteiger partial charge in [0.05, 0.1) is 5.92 Å². The Balaban J connectivity index is 2.22. The zero-order valence-corrected chi connectivity index (χ0v) is 11.2. The number of nitrogens with one attached hydrogen (secondary N) is 2. The Morgan fingerprint density at radius 1 is 1.44 bits per heavy atom. The number of aliphatic carboxylic acids is 1. The number of amides is 1. The van der Waals surface area contributed by atoms with Crippen molar-refractivity contribution in [2.75, 3.05) is 13.1 Å². The van der Waals surface area contributed by atoms with Crippen molar-refractivity contribution in [1.82, 2.24) is 10.6 Å². The Kier molecular flexibility index (Phi) is 6.12. The van der Waals surface area contributed by atoms with E-state index in [1.165, 1.54) is 12.8 Å². The second kappa shape index (κ2) is 7.36. The molecule has 0 aromatic rings. The van der Waals surface area contributed by atoms with E-state index in [1.807, 2.05) is 0 Å². The van der Waals surface area contributed by atoms with Gasteiger partial charge >= 0.3 is 5.97 Å². The van der Waals surface area contributed by atoms with E-state index in [9.17, 15) is 9.59 Å². The molecule has 0 aromatic heterocycles. The second-order valence-corrected chi connectivity index (χ2v) is 5.23. The summed E-state index contributed by atoms with van der Waals surface area (Å²) in [6.07, 6.45) is 3.73. The molecule has 1 saturated heterocycles. The molecule has 3 N–H and O–H groups in total. The fourth-order valence-electron chi connectivity index (χ4n) is 2.17. The smallest absolute Gasteiger partial charge is 0.308 e. The molecule has 1 fully saturated rings. The van der Waals surface area contributed by atoms with Crippen molar-refractivity contribution in [1.29, 1.82) is 0 Å². The third-order valence-corrected chi connectivity index (χ3v) is 3.71. The summed E-state index contributed by atoms with van der Waals surface area (Å²) in [6, 6.07) is -0.320. The molecule has 1 aliphatic heterocycles. The molecule has 0 spiro atoms. The average Bonchev–Trinajstić information content (AvgIpc) is 2.36. The van der Waals surface area contributed by atoms with E-state index in [1.54, 1.807) is 13.8 Å². The van der Waals surface area contributed by atoms with Crippen LogP contribution in [-0.4, -0.2) is 36.1 Å². The van der Waals surface area contributed by atoms with Crippen LogP contribution >= 0.6 is 0 Å². The Morgan fingerprint density at radius 2 is 2.17 bits per heavy atom. The van der Waals surface area contributed by atoms with Crippen molar-refractivity contribution in [2.45, 2.75) is 45.6 Å². The molecule has 3 unspecified atom stereocenters. The Morgan fingerprint density at radius 3 is 2.72 bits per heavy atom. The number of carbonyl (C=O) groups excluding carboxylic acids is 1. The highest BCUT2D eigenvalue weighted by molar-refractivity contribution is 5.77. The van der Waals surface area contributed by atoms with E-state index in [0.29, 0.717) is 12.3 Å². The summed E-state index contributed by atoms with van der Waals surface area (Å²) in [7, 11) is 0. The minimum absolute atomic E-state index is 0.0406. The van der Waals surface area contributed by atoms with E-state index in [0.717, 1.165) is 19.5 Å². The molecule has 0 radical (unpaired) electrons. The van der Waals surface area contributed by atoms with Gasteiger partial charge in [-0.2, -0.15) is 0 Å². The van der Waals surface area contributed by atoms with Crippen molar-refractivity contribution in [2.24, 2.45) is 11.8 Å². The summed E-state index contributed by atoms with van der Waals surface area (Å²) in [5.74, 6) is -0.887.